The second-order valence-electron chi connectivity index (χ2n) is 4.11. The van der Waals surface area contributed by atoms with Crippen molar-refractivity contribution in [2.24, 2.45) is 0 Å². The Balaban J connectivity index is 2.08. The maximum absolute atomic E-state index is 5.80. The van der Waals surface area contributed by atoms with E-state index in [1.54, 1.807) is 0 Å². The van der Waals surface area contributed by atoms with Gasteiger partial charge >= 0.3 is 7.12 Å². The van der Waals surface area contributed by atoms with Crippen LogP contribution in [-0.4, -0.2) is 24.2 Å². The van der Waals surface area contributed by atoms with Crippen LogP contribution >= 0.6 is 11.8 Å². The van der Waals surface area contributed by atoms with Crippen molar-refractivity contribution in [1.82, 2.24) is 0 Å². The summed E-state index contributed by atoms with van der Waals surface area (Å²) in [5.41, 5.74) is 0.936. The highest BCUT2D eigenvalue weighted by molar-refractivity contribution is 7.99. The Morgan fingerprint density at radius 2 is 2.36 bits per heavy atom. The maximum Gasteiger partial charge on any atom is 0.558 e. The Kier molecular flexibility index (Phi) is 2.67. The minimum Gasteiger partial charge on any atom is -0.534 e. The van der Waals surface area contributed by atoms with Crippen LogP contribution in [0.2, 0.25) is 0 Å². The summed E-state index contributed by atoms with van der Waals surface area (Å²) in [6, 6.07) is 0. The molecule has 0 atom stereocenters. The lowest BCUT2D eigenvalue weighted by atomic mass is 9.76. The molecule has 14 heavy (non-hydrogen) atoms. The van der Waals surface area contributed by atoms with Gasteiger partial charge in [0, 0.05) is 5.75 Å². The normalized spacial score (nSPS) is 26.0. The Bertz CT molecular complexity index is 286. The highest BCUT2D eigenvalue weighted by Gasteiger charge is 2.43. The lowest BCUT2D eigenvalue weighted by Gasteiger charge is -2.16. The van der Waals surface area contributed by atoms with Crippen molar-refractivity contribution in [3.8, 4) is 0 Å². The van der Waals surface area contributed by atoms with E-state index in [2.05, 4.69) is 12.7 Å². The minimum atomic E-state index is -0.337. The molecule has 0 aromatic heterocycles. The molecule has 2 heterocycles. The van der Waals surface area contributed by atoms with Gasteiger partial charge < -0.3 is 9.31 Å². The van der Waals surface area contributed by atoms with Crippen molar-refractivity contribution in [1.29, 1.82) is 0 Å². The van der Waals surface area contributed by atoms with Crippen molar-refractivity contribution in [2.75, 3.05) is 11.5 Å². The van der Waals surface area contributed by atoms with E-state index in [4.69, 9.17) is 9.31 Å². The molecular weight excluding hydrogens is 195 g/mol. The number of rotatable bonds is 1. The van der Waals surface area contributed by atoms with Gasteiger partial charge in [0.05, 0.1) is 5.76 Å². The zero-order valence-corrected chi connectivity index (χ0v) is 9.52. The zero-order chi connectivity index (χ0) is 10.2. The van der Waals surface area contributed by atoms with E-state index in [1.165, 1.54) is 11.2 Å². The molecule has 1 fully saturated rings. The van der Waals surface area contributed by atoms with Gasteiger partial charge in [-0.25, -0.2) is 0 Å². The van der Waals surface area contributed by atoms with Crippen LogP contribution in [0.15, 0.2) is 23.9 Å². The molecular formula is C10H15BO2S. The smallest absolute Gasteiger partial charge is 0.534 e. The monoisotopic (exact) mass is 210 g/mol. The summed E-state index contributed by atoms with van der Waals surface area (Å²) in [5.74, 6) is 2.98. The van der Waals surface area contributed by atoms with Crippen LogP contribution in [0.4, 0.5) is 0 Å². The van der Waals surface area contributed by atoms with Crippen molar-refractivity contribution >= 4 is 18.9 Å². The first kappa shape index (κ1) is 10.2. The summed E-state index contributed by atoms with van der Waals surface area (Å²) in [4.78, 5) is 0. The van der Waals surface area contributed by atoms with E-state index < -0.39 is 0 Å². The largest absolute Gasteiger partial charge is 0.558 e. The van der Waals surface area contributed by atoms with Crippen LogP contribution in [0.25, 0.3) is 0 Å². The maximum atomic E-state index is 5.80. The molecule has 2 aliphatic rings. The number of hydrogen-bond acceptors (Lipinski definition) is 3. The second kappa shape index (κ2) is 3.67. The lowest BCUT2D eigenvalue weighted by molar-refractivity contribution is 0.171. The average molecular weight is 210 g/mol. The summed E-state index contributed by atoms with van der Waals surface area (Å²) in [6.45, 7) is 7.86. The topological polar surface area (TPSA) is 18.5 Å². The summed E-state index contributed by atoms with van der Waals surface area (Å²) >= 11 is 1.95. The predicted molar refractivity (Wildman–Crippen MR) is 61.2 cm³/mol. The SMILES string of the molecule is C=C1OB(C2=CCSCC2)OC1(C)C. The summed E-state index contributed by atoms with van der Waals surface area (Å²) in [5, 5.41) is 0. The van der Waals surface area contributed by atoms with Crippen LogP contribution < -0.4 is 0 Å². The first-order valence-corrected chi connectivity index (χ1v) is 6.05. The molecule has 0 aliphatic carbocycles. The molecule has 0 aromatic carbocycles. The summed E-state index contributed by atoms with van der Waals surface area (Å²) in [7, 11) is -0.182. The molecule has 0 unspecified atom stereocenters. The van der Waals surface area contributed by atoms with Gasteiger partial charge in [-0.2, -0.15) is 11.8 Å². The number of hydrogen-bond donors (Lipinski definition) is 0. The van der Waals surface area contributed by atoms with Crippen molar-refractivity contribution in [3.63, 3.8) is 0 Å². The van der Waals surface area contributed by atoms with Gasteiger partial charge in [0.25, 0.3) is 0 Å². The third-order valence-electron chi connectivity index (χ3n) is 2.62. The number of allylic oxidation sites excluding steroid dienone is 1. The average Bonchev–Trinajstić information content (AvgIpc) is 2.43. The molecule has 2 rings (SSSR count). The van der Waals surface area contributed by atoms with Gasteiger partial charge in [-0.15, -0.1) is 0 Å². The van der Waals surface area contributed by atoms with Crippen LogP contribution in [-0.2, 0) is 9.31 Å². The molecule has 1 saturated heterocycles. The van der Waals surface area contributed by atoms with Gasteiger partial charge in [0.1, 0.15) is 5.60 Å². The van der Waals surface area contributed by atoms with Gasteiger partial charge in [0.15, 0.2) is 0 Å². The number of thioether (sulfide) groups is 1. The van der Waals surface area contributed by atoms with E-state index >= 15 is 0 Å². The fraction of sp³-hybridized carbons (Fsp3) is 0.600. The lowest BCUT2D eigenvalue weighted by Crippen LogP contribution is -2.26. The molecule has 0 N–H and O–H groups in total. The van der Waals surface area contributed by atoms with Crippen molar-refractivity contribution in [3.05, 3.63) is 23.9 Å². The van der Waals surface area contributed by atoms with E-state index in [0.29, 0.717) is 0 Å². The Morgan fingerprint density at radius 1 is 1.57 bits per heavy atom. The fourth-order valence-corrected chi connectivity index (χ4v) is 2.41. The zero-order valence-electron chi connectivity index (χ0n) is 8.71. The second-order valence-corrected chi connectivity index (χ2v) is 5.25. The van der Waals surface area contributed by atoms with Gasteiger partial charge in [-0.1, -0.05) is 12.7 Å². The fourth-order valence-electron chi connectivity index (χ4n) is 1.54. The summed E-state index contributed by atoms with van der Waals surface area (Å²) < 4.78 is 11.4. The highest BCUT2D eigenvalue weighted by Crippen LogP contribution is 2.34. The Morgan fingerprint density at radius 3 is 2.86 bits per heavy atom. The first-order valence-electron chi connectivity index (χ1n) is 4.90. The molecule has 76 valence electrons. The van der Waals surface area contributed by atoms with Crippen LogP contribution in [0.3, 0.4) is 0 Å². The van der Waals surface area contributed by atoms with E-state index in [1.807, 2.05) is 25.6 Å². The standard InChI is InChI=1S/C10H15BO2S/c1-8-10(2,3)13-11(12-8)9-4-6-14-7-5-9/h4H,1,5-7H2,2-3H3. The van der Waals surface area contributed by atoms with Crippen LogP contribution in [0, 0.1) is 0 Å². The third kappa shape index (κ3) is 1.86. The van der Waals surface area contributed by atoms with Gasteiger partial charge in [-0.05, 0) is 31.5 Å². The van der Waals surface area contributed by atoms with E-state index in [-0.39, 0.29) is 12.7 Å². The molecule has 2 aliphatic heterocycles. The molecule has 0 aromatic rings. The minimum absolute atomic E-state index is 0.182. The predicted octanol–water partition coefficient (Wildman–Crippen LogP) is 2.42. The van der Waals surface area contributed by atoms with E-state index in [9.17, 15) is 0 Å². The highest BCUT2D eigenvalue weighted by atomic mass is 32.2. The Labute approximate surface area is 89.9 Å². The molecule has 4 heteroatoms. The molecule has 2 nitrogen and oxygen atoms in total. The van der Waals surface area contributed by atoms with Gasteiger partial charge in [-0.3, -0.25) is 0 Å². The molecule has 0 bridgehead atoms. The van der Waals surface area contributed by atoms with Crippen molar-refractivity contribution in [2.45, 2.75) is 25.9 Å². The summed E-state index contributed by atoms with van der Waals surface area (Å²) in [6.07, 6.45) is 3.28. The molecule has 0 spiro atoms. The van der Waals surface area contributed by atoms with Crippen LogP contribution in [0.5, 0.6) is 0 Å². The Hall–Kier alpha value is -0.345. The molecule has 0 radical (unpaired) electrons. The van der Waals surface area contributed by atoms with E-state index in [0.717, 1.165) is 17.9 Å². The van der Waals surface area contributed by atoms with Crippen molar-refractivity contribution < 1.29 is 9.31 Å². The quantitative estimate of drug-likeness (QED) is 0.619. The van der Waals surface area contributed by atoms with Crippen LogP contribution in [0.1, 0.15) is 20.3 Å². The molecule has 0 amide bonds. The third-order valence-corrected chi connectivity index (χ3v) is 3.52. The first-order chi connectivity index (χ1) is 6.59. The van der Waals surface area contributed by atoms with Gasteiger partial charge in [0.2, 0.25) is 0 Å². The molecule has 0 saturated carbocycles.